The first-order chi connectivity index (χ1) is 13.9. The van der Waals surface area contributed by atoms with Crippen molar-refractivity contribution in [3.05, 3.63) is 57.4 Å². The van der Waals surface area contributed by atoms with Gasteiger partial charge in [0.1, 0.15) is 0 Å². The van der Waals surface area contributed by atoms with E-state index in [1.54, 1.807) is 25.1 Å². The molecular weight excluding hydrogens is 458 g/mol. The number of carbonyl (C=O) groups is 1. The van der Waals surface area contributed by atoms with Gasteiger partial charge in [-0.25, -0.2) is 9.47 Å². The zero-order valence-electron chi connectivity index (χ0n) is 15.1. The van der Waals surface area contributed by atoms with E-state index in [2.05, 4.69) is 41.4 Å². The molecule has 5 N–H and O–H groups in total. The molecule has 9 nitrogen and oxygen atoms in total. The van der Waals surface area contributed by atoms with Crippen molar-refractivity contribution >= 4 is 50.3 Å². The quantitative estimate of drug-likeness (QED) is 0.260. The van der Waals surface area contributed by atoms with Crippen LogP contribution in [0.3, 0.4) is 0 Å². The van der Waals surface area contributed by atoms with Crippen molar-refractivity contribution in [2.75, 3.05) is 11.2 Å². The Morgan fingerprint density at radius 1 is 1.21 bits per heavy atom. The lowest BCUT2D eigenvalue weighted by Crippen LogP contribution is -2.23. The Labute approximate surface area is 177 Å². The minimum absolute atomic E-state index is 0.224. The van der Waals surface area contributed by atoms with E-state index in [1.165, 1.54) is 16.4 Å². The number of benzene rings is 2. The number of carbonyl (C=O) groups excluding carboxylic acids is 1. The smallest absolute Gasteiger partial charge is 0.323 e. The lowest BCUT2D eigenvalue weighted by molar-refractivity contribution is -0.115. The van der Waals surface area contributed by atoms with E-state index in [1.807, 2.05) is 24.3 Å². The summed E-state index contributed by atoms with van der Waals surface area (Å²) in [5.41, 5.74) is 2.38. The topological polar surface area (TPSA) is 134 Å². The van der Waals surface area contributed by atoms with Crippen LogP contribution < -0.4 is 16.8 Å². The molecule has 4 aromatic rings. The Balaban J connectivity index is 1.48. The number of nitrogens with two attached hydrogens (primary N) is 1. The van der Waals surface area contributed by atoms with Gasteiger partial charge in [0, 0.05) is 15.7 Å². The van der Waals surface area contributed by atoms with Gasteiger partial charge in [0.2, 0.25) is 11.1 Å². The number of hydrogen-bond acceptors (Lipinski definition) is 6. The summed E-state index contributed by atoms with van der Waals surface area (Å²) in [5, 5.41) is 11.0. The fourth-order valence-electron chi connectivity index (χ4n) is 2.75. The minimum atomic E-state index is -0.477. The van der Waals surface area contributed by atoms with Gasteiger partial charge < -0.3 is 21.1 Å². The normalized spacial score (nSPS) is 12.2. The van der Waals surface area contributed by atoms with Crippen molar-refractivity contribution in [1.29, 1.82) is 0 Å². The molecule has 0 aliphatic carbocycles. The molecule has 0 aliphatic heterocycles. The van der Waals surface area contributed by atoms with Crippen molar-refractivity contribution in [2.24, 2.45) is 0 Å². The highest BCUT2D eigenvalue weighted by atomic mass is 79.9. The molecule has 0 bridgehead atoms. The molecule has 29 heavy (non-hydrogen) atoms. The molecule has 1 atom stereocenters. The van der Waals surface area contributed by atoms with Crippen LogP contribution in [0.2, 0.25) is 0 Å². The molecule has 0 fully saturated rings. The highest BCUT2D eigenvalue weighted by Crippen LogP contribution is 2.29. The van der Waals surface area contributed by atoms with Crippen LogP contribution in [-0.4, -0.2) is 36.0 Å². The van der Waals surface area contributed by atoms with Crippen LogP contribution in [0.15, 0.2) is 56.9 Å². The van der Waals surface area contributed by atoms with Gasteiger partial charge in [0.25, 0.3) is 0 Å². The number of rotatable bonds is 5. The number of imidazole rings is 1. The first-order valence-electron chi connectivity index (χ1n) is 8.57. The predicted molar refractivity (Wildman–Crippen MR) is 116 cm³/mol. The third-order valence-corrected chi connectivity index (χ3v) is 5.96. The molecule has 2 aromatic carbocycles. The van der Waals surface area contributed by atoms with Gasteiger partial charge in [0.05, 0.1) is 16.3 Å². The molecule has 0 saturated heterocycles. The van der Waals surface area contributed by atoms with Gasteiger partial charge in [0.15, 0.2) is 5.82 Å². The Morgan fingerprint density at radius 2 is 1.97 bits per heavy atom. The summed E-state index contributed by atoms with van der Waals surface area (Å²) in [5.74, 6) is 6.42. The molecule has 2 aromatic heterocycles. The van der Waals surface area contributed by atoms with Crippen LogP contribution in [0.1, 0.15) is 6.92 Å². The lowest BCUT2D eigenvalue weighted by atomic mass is 10.2. The van der Waals surface area contributed by atoms with Crippen LogP contribution in [0, 0.1) is 0 Å². The zero-order valence-corrected chi connectivity index (χ0v) is 17.5. The number of fused-ring (bicyclic) bond motifs is 1. The summed E-state index contributed by atoms with van der Waals surface area (Å²) < 4.78 is 2.21. The van der Waals surface area contributed by atoms with E-state index in [9.17, 15) is 9.59 Å². The van der Waals surface area contributed by atoms with Gasteiger partial charge in [-0.2, -0.15) is 0 Å². The minimum Gasteiger partial charge on any atom is -0.335 e. The van der Waals surface area contributed by atoms with Gasteiger partial charge in [-0.1, -0.05) is 39.8 Å². The summed E-state index contributed by atoms with van der Waals surface area (Å²) in [6.07, 6.45) is 0. The van der Waals surface area contributed by atoms with Crippen LogP contribution in [0.25, 0.3) is 22.4 Å². The van der Waals surface area contributed by atoms with Crippen molar-refractivity contribution < 1.29 is 4.79 Å². The first kappa shape index (κ1) is 19.3. The molecule has 1 unspecified atom stereocenters. The van der Waals surface area contributed by atoms with Gasteiger partial charge >= 0.3 is 5.69 Å². The summed E-state index contributed by atoms with van der Waals surface area (Å²) >= 11 is 4.67. The van der Waals surface area contributed by atoms with E-state index in [4.69, 9.17) is 5.84 Å². The highest BCUT2D eigenvalue weighted by molar-refractivity contribution is 9.10. The molecule has 0 radical (unpaired) electrons. The van der Waals surface area contributed by atoms with Crippen molar-refractivity contribution in [1.82, 2.24) is 24.8 Å². The van der Waals surface area contributed by atoms with E-state index in [0.717, 1.165) is 10.0 Å². The Morgan fingerprint density at radius 3 is 2.76 bits per heavy atom. The fourth-order valence-corrected chi connectivity index (χ4v) is 3.98. The van der Waals surface area contributed by atoms with E-state index in [0.29, 0.717) is 27.7 Å². The number of aromatic amines is 2. The summed E-state index contributed by atoms with van der Waals surface area (Å²) in [7, 11) is 0. The maximum atomic E-state index is 12.6. The van der Waals surface area contributed by atoms with Crippen LogP contribution in [0.5, 0.6) is 0 Å². The third kappa shape index (κ3) is 3.91. The summed E-state index contributed by atoms with van der Waals surface area (Å²) in [6.45, 7) is 1.75. The number of hydrogen-bond donors (Lipinski definition) is 4. The summed E-state index contributed by atoms with van der Waals surface area (Å²) in [4.78, 5) is 29.3. The van der Waals surface area contributed by atoms with Gasteiger partial charge in [-0.05, 0) is 37.3 Å². The van der Waals surface area contributed by atoms with E-state index < -0.39 is 5.25 Å². The van der Waals surface area contributed by atoms with Crippen molar-refractivity contribution in [2.45, 2.75) is 17.3 Å². The molecular formula is C18H16BrN7O2S. The largest absolute Gasteiger partial charge is 0.335 e. The number of H-pyrrole nitrogens is 2. The Kier molecular flexibility index (Phi) is 5.16. The number of aromatic nitrogens is 5. The van der Waals surface area contributed by atoms with E-state index in [-0.39, 0.29) is 11.6 Å². The summed E-state index contributed by atoms with van der Waals surface area (Å²) in [6, 6.07) is 12.7. The van der Waals surface area contributed by atoms with Crippen LogP contribution in [0.4, 0.5) is 5.69 Å². The predicted octanol–water partition coefficient (Wildman–Crippen LogP) is 2.71. The molecule has 1 amide bonds. The molecule has 148 valence electrons. The molecule has 0 spiro atoms. The van der Waals surface area contributed by atoms with Crippen LogP contribution >= 0.6 is 27.7 Å². The third-order valence-electron chi connectivity index (χ3n) is 4.21. The molecule has 2 heterocycles. The van der Waals surface area contributed by atoms with Crippen molar-refractivity contribution in [3.63, 3.8) is 0 Å². The van der Waals surface area contributed by atoms with E-state index >= 15 is 0 Å². The average Bonchev–Trinajstić information content (AvgIpc) is 3.23. The number of anilines is 1. The van der Waals surface area contributed by atoms with Gasteiger partial charge in [-0.15, -0.1) is 10.2 Å². The number of amides is 1. The second-order valence-electron chi connectivity index (χ2n) is 6.24. The van der Waals surface area contributed by atoms with Gasteiger partial charge in [-0.3, -0.25) is 4.79 Å². The standard InChI is InChI=1S/C18H16BrN7O2S/c1-9(16(27)21-10-6-7-13-14(8-10)23-17(28)22-13)29-18-25-24-15(26(18)20)11-4-2-3-5-12(11)19/h2-9H,20H2,1H3,(H,21,27)(H2,22,23,28). The fraction of sp³-hybridized carbons (Fsp3) is 0.111. The number of nitrogens with zero attached hydrogens (tertiary/aromatic N) is 3. The second kappa shape index (κ2) is 7.76. The Hall–Kier alpha value is -3.05. The molecule has 0 aliphatic rings. The molecule has 4 rings (SSSR count). The second-order valence-corrected chi connectivity index (χ2v) is 8.41. The highest BCUT2D eigenvalue weighted by Gasteiger charge is 2.21. The number of halogens is 1. The zero-order chi connectivity index (χ0) is 20.5. The maximum absolute atomic E-state index is 12.6. The number of nitrogen functional groups attached to an aromatic ring is 1. The molecule has 0 saturated carbocycles. The number of nitrogens with one attached hydrogen (secondary N) is 3. The van der Waals surface area contributed by atoms with Crippen molar-refractivity contribution in [3.8, 4) is 11.4 Å². The number of thioether (sulfide) groups is 1. The average molecular weight is 474 g/mol. The monoisotopic (exact) mass is 473 g/mol. The molecule has 11 heteroatoms. The first-order valence-corrected chi connectivity index (χ1v) is 10.2. The SMILES string of the molecule is CC(Sc1nnc(-c2ccccc2Br)n1N)C(=O)Nc1ccc2[nH]c(=O)[nH]c2c1. The maximum Gasteiger partial charge on any atom is 0.323 e. The Bertz CT molecular complexity index is 1260. The van der Waals surface area contributed by atoms with Crippen LogP contribution in [-0.2, 0) is 4.79 Å². The lowest BCUT2D eigenvalue weighted by Gasteiger charge is -2.12.